The normalized spacial score (nSPS) is 14.6. The first-order valence-corrected chi connectivity index (χ1v) is 16.9. The first-order valence-electron chi connectivity index (χ1n) is 15.1. The smallest absolute Gasteiger partial charge is 0.264 e. The van der Waals surface area contributed by atoms with E-state index in [1.54, 1.807) is 35.2 Å². The lowest BCUT2D eigenvalue weighted by Crippen LogP contribution is -2.54. The predicted octanol–water partition coefficient (Wildman–Crippen LogP) is 6.45. The van der Waals surface area contributed by atoms with Crippen LogP contribution >= 0.6 is 11.6 Å². The lowest BCUT2D eigenvalue weighted by atomic mass is 9.95. The number of aryl methyl sites for hydroxylation is 2. The Bertz CT molecular complexity index is 1490. The number of benzene rings is 3. The van der Waals surface area contributed by atoms with Crippen LogP contribution < -0.4 is 9.62 Å². The number of hydrogen-bond acceptors (Lipinski definition) is 4. The van der Waals surface area contributed by atoms with Gasteiger partial charge < -0.3 is 10.2 Å². The summed E-state index contributed by atoms with van der Waals surface area (Å²) in [6.07, 6.45) is 6.10. The van der Waals surface area contributed by atoms with Crippen LogP contribution in [0.1, 0.15) is 62.1 Å². The van der Waals surface area contributed by atoms with E-state index in [0.717, 1.165) is 46.7 Å². The number of halogens is 1. The van der Waals surface area contributed by atoms with Gasteiger partial charge in [0.05, 0.1) is 10.6 Å². The highest BCUT2D eigenvalue weighted by atomic mass is 35.5. The van der Waals surface area contributed by atoms with Gasteiger partial charge in [-0.1, -0.05) is 91.9 Å². The topological polar surface area (TPSA) is 86.8 Å². The van der Waals surface area contributed by atoms with Gasteiger partial charge in [0, 0.05) is 17.6 Å². The van der Waals surface area contributed by atoms with Crippen LogP contribution in [0.15, 0.2) is 77.7 Å². The average molecular weight is 624 g/mol. The van der Waals surface area contributed by atoms with Gasteiger partial charge in [-0.2, -0.15) is 0 Å². The highest BCUT2D eigenvalue weighted by molar-refractivity contribution is 7.92. The van der Waals surface area contributed by atoms with Crippen molar-refractivity contribution in [3.8, 4) is 0 Å². The van der Waals surface area contributed by atoms with E-state index < -0.39 is 28.5 Å². The Morgan fingerprint density at radius 1 is 0.953 bits per heavy atom. The van der Waals surface area contributed by atoms with Crippen molar-refractivity contribution in [1.29, 1.82) is 0 Å². The van der Waals surface area contributed by atoms with Crippen molar-refractivity contribution in [2.75, 3.05) is 17.4 Å². The summed E-state index contributed by atoms with van der Waals surface area (Å²) in [7, 11) is -4.14. The van der Waals surface area contributed by atoms with E-state index in [4.69, 9.17) is 11.6 Å². The molecule has 0 radical (unpaired) electrons. The molecule has 0 aliphatic heterocycles. The zero-order chi connectivity index (χ0) is 31.0. The molecule has 0 aromatic heterocycles. The number of sulfonamides is 1. The summed E-state index contributed by atoms with van der Waals surface area (Å²) in [5.74, 6) is -0.643. The summed E-state index contributed by atoms with van der Waals surface area (Å²) in [6.45, 7) is 5.39. The van der Waals surface area contributed by atoms with Gasteiger partial charge in [0.1, 0.15) is 12.6 Å². The minimum atomic E-state index is -4.14. The summed E-state index contributed by atoms with van der Waals surface area (Å²) in [6, 6.07) is 20.6. The number of anilines is 1. The largest absolute Gasteiger partial charge is 0.352 e. The van der Waals surface area contributed by atoms with Crippen molar-refractivity contribution >= 4 is 39.1 Å². The molecule has 1 N–H and O–H groups in total. The molecule has 1 aliphatic rings. The Morgan fingerprint density at radius 3 is 2.26 bits per heavy atom. The Kier molecular flexibility index (Phi) is 11.3. The molecule has 1 atom stereocenters. The van der Waals surface area contributed by atoms with Crippen molar-refractivity contribution < 1.29 is 18.0 Å². The monoisotopic (exact) mass is 623 g/mol. The van der Waals surface area contributed by atoms with Crippen molar-refractivity contribution in [2.45, 2.75) is 82.7 Å². The summed E-state index contributed by atoms with van der Waals surface area (Å²) < 4.78 is 29.2. The van der Waals surface area contributed by atoms with Gasteiger partial charge in [-0.05, 0) is 74.9 Å². The van der Waals surface area contributed by atoms with Crippen LogP contribution in [0.25, 0.3) is 0 Å². The molecule has 2 amide bonds. The third kappa shape index (κ3) is 8.39. The maximum absolute atomic E-state index is 14.2. The number of amides is 2. The van der Waals surface area contributed by atoms with E-state index in [2.05, 4.69) is 5.32 Å². The minimum Gasteiger partial charge on any atom is -0.352 e. The fourth-order valence-corrected chi connectivity index (χ4v) is 7.12. The van der Waals surface area contributed by atoms with Gasteiger partial charge in [0.25, 0.3) is 10.0 Å². The van der Waals surface area contributed by atoms with Crippen molar-refractivity contribution in [3.63, 3.8) is 0 Å². The van der Waals surface area contributed by atoms with Gasteiger partial charge in [-0.25, -0.2) is 8.42 Å². The van der Waals surface area contributed by atoms with Crippen molar-refractivity contribution in [3.05, 3.63) is 94.5 Å². The molecule has 3 aromatic rings. The van der Waals surface area contributed by atoms with Gasteiger partial charge >= 0.3 is 0 Å². The third-order valence-electron chi connectivity index (χ3n) is 8.15. The zero-order valence-electron chi connectivity index (χ0n) is 25.3. The zero-order valence-corrected chi connectivity index (χ0v) is 26.8. The van der Waals surface area contributed by atoms with Crippen LogP contribution in [-0.2, 0) is 26.0 Å². The first-order chi connectivity index (χ1) is 20.6. The highest BCUT2D eigenvalue weighted by Gasteiger charge is 2.34. The van der Waals surface area contributed by atoms with E-state index in [1.165, 1.54) is 18.6 Å². The van der Waals surface area contributed by atoms with Crippen LogP contribution in [0, 0.1) is 13.8 Å². The Balaban J connectivity index is 1.68. The second-order valence-electron chi connectivity index (χ2n) is 11.3. The molecule has 9 heteroatoms. The van der Waals surface area contributed by atoms with E-state index in [0.29, 0.717) is 17.9 Å². The number of carbonyl (C=O) groups is 2. The molecule has 4 rings (SSSR count). The molecular weight excluding hydrogens is 582 g/mol. The molecule has 230 valence electrons. The molecule has 0 spiro atoms. The summed E-state index contributed by atoms with van der Waals surface area (Å²) in [5.41, 5.74) is 3.02. The number of hydrogen-bond donors (Lipinski definition) is 1. The van der Waals surface area contributed by atoms with Crippen LogP contribution in [-0.4, -0.2) is 50.3 Å². The molecule has 1 fully saturated rings. The Labute approximate surface area is 261 Å². The van der Waals surface area contributed by atoms with Crippen molar-refractivity contribution in [2.24, 2.45) is 0 Å². The lowest BCUT2D eigenvalue weighted by Gasteiger charge is -2.34. The summed E-state index contributed by atoms with van der Waals surface area (Å²) in [4.78, 5) is 29.5. The second kappa shape index (κ2) is 14.9. The van der Waals surface area contributed by atoms with E-state index in [9.17, 15) is 18.0 Å². The molecule has 3 aromatic carbocycles. The Hall–Kier alpha value is -3.36. The van der Waals surface area contributed by atoms with Crippen LogP contribution in [0.4, 0.5) is 5.69 Å². The predicted molar refractivity (Wildman–Crippen MR) is 173 cm³/mol. The van der Waals surface area contributed by atoms with Crippen LogP contribution in [0.5, 0.6) is 0 Å². The van der Waals surface area contributed by atoms with Gasteiger partial charge in [-0.15, -0.1) is 0 Å². The first kappa shape index (κ1) is 32.6. The van der Waals surface area contributed by atoms with E-state index >= 15 is 0 Å². The molecule has 0 heterocycles. The summed E-state index contributed by atoms with van der Waals surface area (Å²) >= 11 is 6.43. The molecule has 0 saturated heterocycles. The van der Waals surface area contributed by atoms with E-state index in [-0.39, 0.29) is 29.1 Å². The summed E-state index contributed by atoms with van der Waals surface area (Å²) in [5, 5.41) is 3.58. The molecule has 1 saturated carbocycles. The number of nitrogens with zero attached hydrogens (tertiary/aromatic N) is 2. The molecule has 7 nitrogen and oxygen atoms in total. The van der Waals surface area contributed by atoms with Crippen molar-refractivity contribution in [1.82, 2.24) is 10.2 Å². The number of rotatable bonds is 12. The molecular formula is C34H42ClN3O4S. The van der Waals surface area contributed by atoms with E-state index in [1.807, 2.05) is 51.1 Å². The quantitative estimate of drug-likeness (QED) is 0.251. The average Bonchev–Trinajstić information content (AvgIpc) is 3.00. The number of carbonyl (C=O) groups excluding carboxylic acids is 2. The molecule has 1 aliphatic carbocycles. The van der Waals surface area contributed by atoms with Gasteiger partial charge in [0.15, 0.2) is 0 Å². The number of nitrogens with one attached hydrogen (secondary N) is 1. The molecule has 0 unspecified atom stereocenters. The fourth-order valence-electron chi connectivity index (χ4n) is 5.54. The Morgan fingerprint density at radius 2 is 1.63 bits per heavy atom. The second-order valence-corrected chi connectivity index (χ2v) is 13.6. The lowest BCUT2D eigenvalue weighted by molar-refractivity contribution is -0.140. The third-order valence-corrected chi connectivity index (χ3v) is 10.3. The minimum absolute atomic E-state index is 0.0699. The maximum Gasteiger partial charge on any atom is 0.264 e. The van der Waals surface area contributed by atoms with Gasteiger partial charge in [0.2, 0.25) is 11.8 Å². The van der Waals surface area contributed by atoms with Crippen LogP contribution in [0.3, 0.4) is 0 Å². The highest BCUT2D eigenvalue weighted by Crippen LogP contribution is 2.29. The standard InChI is InChI=1S/C34H42ClN3O4S/c1-4-32(34(40)36-28-13-9-6-10-14-28)37(22-21-27-11-7-5-8-12-27)33(39)24-38(29-18-17-26(3)31(35)23-29)43(41,42)30-19-15-25(2)16-20-30/h5,7-8,11-12,15-20,23,28,32H,4,6,9-10,13-14,21-22,24H2,1-3H3,(H,36,40)/t32-/m1/s1. The van der Waals surface area contributed by atoms with Crippen LogP contribution in [0.2, 0.25) is 5.02 Å². The maximum atomic E-state index is 14.2. The molecule has 43 heavy (non-hydrogen) atoms. The fraction of sp³-hybridized carbons (Fsp3) is 0.412. The SMILES string of the molecule is CC[C@H](C(=O)NC1CCCCC1)N(CCc1ccccc1)C(=O)CN(c1ccc(C)c(Cl)c1)S(=O)(=O)c1ccc(C)cc1. The van der Waals surface area contributed by atoms with Gasteiger partial charge in [-0.3, -0.25) is 13.9 Å². The molecule has 0 bridgehead atoms.